The van der Waals surface area contributed by atoms with E-state index in [9.17, 15) is 9.59 Å². The number of hydrogen-bond donors (Lipinski definition) is 2. The third-order valence-electron chi connectivity index (χ3n) is 1.28. The molecule has 0 aromatic rings. The summed E-state index contributed by atoms with van der Waals surface area (Å²) >= 11 is 0. The Balaban J connectivity index is 3.75. The molecule has 0 fully saturated rings. The van der Waals surface area contributed by atoms with E-state index in [0.717, 1.165) is 0 Å². The standard InChI is InChI=1S/C8H13NO3/c1-2-3-8(12)9-7(6-11)4-5-10/h2,6-7,10H,1,3-5H2,(H,9,12). The topological polar surface area (TPSA) is 66.4 Å². The van der Waals surface area contributed by atoms with E-state index < -0.39 is 6.04 Å². The zero-order valence-electron chi connectivity index (χ0n) is 6.82. The first-order valence-electron chi connectivity index (χ1n) is 3.71. The Bertz CT molecular complexity index is 168. The van der Waals surface area contributed by atoms with E-state index in [4.69, 9.17) is 5.11 Å². The Morgan fingerprint density at radius 1 is 1.67 bits per heavy atom. The van der Waals surface area contributed by atoms with Crippen molar-refractivity contribution in [3.8, 4) is 0 Å². The van der Waals surface area contributed by atoms with Crippen LogP contribution in [-0.4, -0.2) is 29.9 Å². The van der Waals surface area contributed by atoms with Crippen LogP contribution in [0.25, 0.3) is 0 Å². The SMILES string of the molecule is C=CCC(=O)NC(C=O)CCO. The lowest BCUT2D eigenvalue weighted by Crippen LogP contribution is -2.36. The molecule has 0 rings (SSSR count). The van der Waals surface area contributed by atoms with Gasteiger partial charge in [0.2, 0.25) is 5.91 Å². The summed E-state index contributed by atoms with van der Waals surface area (Å²) < 4.78 is 0. The quantitative estimate of drug-likeness (QED) is 0.423. The van der Waals surface area contributed by atoms with Gasteiger partial charge in [-0.05, 0) is 6.42 Å². The average molecular weight is 171 g/mol. The molecule has 0 aromatic heterocycles. The Kier molecular flexibility index (Phi) is 5.91. The van der Waals surface area contributed by atoms with Gasteiger partial charge in [0.05, 0.1) is 6.04 Å². The Labute approximate surface area is 71.3 Å². The van der Waals surface area contributed by atoms with Crippen molar-refractivity contribution >= 4 is 12.2 Å². The number of aldehydes is 1. The second-order valence-electron chi connectivity index (χ2n) is 2.32. The highest BCUT2D eigenvalue weighted by atomic mass is 16.3. The molecule has 0 bridgehead atoms. The van der Waals surface area contributed by atoms with Crippen molar-refractivity contribution in [2.75, 3.05) is 6.61 Å². The van der Waals surface area contributed by atoms with Crippen molar-refractivity contribution < 1.29 is 14.7 Å². The summed E-state index contributed by atoms with van der Waals surface area (Å²) in [6, 6.07) is -0.581. The summed E-state index contributed by atoms with van der Waals surface area (Å²) in [5.74, 6) is -0.254. The van der Waals surface area contributed by atoms with Gasteiger partial charge in [-0.15, -0.1) is 6.58 Å². The van der Waals surface area contributed by atoms with E-state index in [0.29, 0.717) is 6.29 Å². The van der Waals surface area contributed by atoms with E-state index in [2.05, 4.69) is 11.9 Å². The van der Waals surface area contributed by atoms with Gasteiger partial charge in [0.1, 0.15) is 6.29 Å². The van der Waals surface area contributed by atoms with E-state index >= 15 is 0 Å². The summed E-state index contributed by atoms with van der Waals surface area (Å²) in [5.41, 5.74) is 0. The molecule has 1 atom stereocenters. The number of carbonyl (C=O) groups is 2. The number of carbonyl (C=O) groups excluding carboxylic acids is 2. The molecular weight excluding hydrogens is 158 g/mol. The molecule has 0 heterocycles. The number of rotatable bonds is 6. The van der Waals surface area contributed by atoms with Gasteiger partial charge in [0.25, 0.3) is 0 Å². The van der Waals surface area contributed by atoms with Crippen LogP contribution in [0, 0.1) is 0 Å². The van der Waals surface area contributed by atoms with Gasteiger partial charge in [-0.3, -0.25) is 4.79 Å². The number of aliphatic hydroxyl groups excluding tert-OH is 1. The van der Waals surface area contributed by atoms with Gasteiger partial charge in [-0.25, -0.2) is 0 Å². The largest absolute Gasteiger partial charge is 0.396 e. The molecule has 0 radical (unpaired) electrons. The molecule has 0 saturated heterocycles. The molecule has 1 unspecified atom stereocenters. The Hall–Kier alpha value is -1.16. The van der Waals surface area contributed by atoms with Crippen molar-refractivity contribution in [2.24, 2.45) is 0 Å². The molecule has 68 valence electrons. The van der Waals surface area contributed by atoms with Crippen molar-refractivity contribution in [1.29, 1.82) is 0 Å². The minimum atomic E-state index is -0.581. The number of amides is 1. The monoisotopic (exact) mass is 171 g/mol. The number of hydrogen-bond acceptors (Lipinski definition) is 3. The molecule has 1 amide bonds. The Morgan fingerprint density at radius 3 is 2.75 bits per heavy atom. The van der Waals surface area contributed by atoms with Crippen LogP contribution in [0.15, 0.2) is 12.7 Å². The zero-order chi connectivity index (χ0) is 9.40. The van der Waals surface area contributed by atoms with Crippen LogP contribution in [0.4, 0.5) is 0 Å². The fraction of sp³-hybridized carbons (Fsp3) is 0.500. The molecule has 0 spiro atoms. The highest BCUT2D eigenvalue weighted by Crippen LogP contribution is 1.88. The van der Waals surface area contributed by atoms with Crippen molar-refractivity contribution in [3.63, 3.8) is 0 Å². The van der Waals surface area contributed by atoms with Gasteiger partial charge in [0, 0.05) is 13.0 Å². The fourth-order valence-electron chi connectivity index (χ4n) is 0.710. The van der Waals surface area contributed by atoms with E-state index in [1.54, 1.807) is 0 Å². The van der Waals surface area contributed by atoms with Crippen molar-refractivity contribution in [1.82, 2.24) is 5.32 Å². The van der Waals surface area contributed by atoms with Crippen LogP contribution in [0.1, 0.15) is 12.8 Å². The maximum absolute atomic E-state index is 10.9. The highest BCUT2D eigenvalue weighted by Gasteiger charge is 2.08. The average Bonchev–Trinajstić information content (AvgIpc) is 2.04. The first-order valence-corrected chi connectivity index (χ1v) is 3.71. The normalized spacial score (nSPS) is 11.8. The lowest BCUT2D eigenvalue weighted by Gasteiger charge is -2.09. The van der Waals surface area contributed by atoms with Crippen LogP contribution >= 0.6 is 0 Å². The minimum Gasteiger partial charge on any atom is -0.396 e. The fourth-order valence-corrected chi connectivity index (χ4v) is 0.710. The summed E-state index contributed by atoms with van der Waals surface area (Å²) in [5, 5.41) is 10.9. The summed E-state index contributed by atoms with van der Waals surface area (Å²) in [7, 11) is 0. The van der Waals surface area contributed by atoms with E-state index in [-0.39, 0.29) is 25.4 Å². The van der Waals surface area contributed by atoms with E-state index in [1.807, 2.05) is 0 Å². The number of nitrogens with one attached hydrogen (secondary N) is 1. The minimum absolute atomic E-state index is 0.113. The van der Waals surface area contributed by atoms with Gasteiger partial charge >= 0.3 is 0 Å². The third kappa shape index (κ3) is 4.62. The second kappa shape index (κ2) is 6.54. The molecular formula is C8H13NO3. The van der Waals surface area contributed by atoms with Crippen molar-refractivity contribution in [2.45, 2.75) is 18.9 Å². The molecule has 12 heavy (non-hydrogen) atoms. The molecule has 4 heteroatoms. The van der Waals surface area contributed by atoms with Gasteiger partial charge in [-0.1, -0.05) is 6.08 Å². The van der Waals surface area contributed by atoms with Crippen LogP contribution in [0.5, 0.6) is 0 Å². The molecule has 4 nitrogen and oxygen atoms in total. The highest BCUT2D eigenvalue weighted by molar-refractivity contribution is 5.80. The molecule has 0 aliphatic rings. The van der Waals surface area contributed by atoms with Gasteiger partial charge in [0.15, 0.2) is 0 Å². The summed E-state index contributed by atoms with van der Waals surface area (Å²) in [6.07, 6.45) is 2.51. The third-order valence-corrected chi connectivity index (χ3v) is 1.28. The number of aliphatic hydroxyl groups is 1. The zero-order valence-corrected chi connectivity index (χ0v) is 6.82. The second-order valence-corrected chi connectivity index (χ2v) is 2.32. The predicted octanol–water partition coefficient (Wildman–Crippen LogP) is -0.371. The maximum atomic E-state index is 10.9. The summed E-state index contributed by atoms with van der Waals surface area (Å²) in [6.45, 7) is 3.27. The van der Waals surface area contributed by atoms with Gasteiger partial charge < -0.3 is 15.2 Å². The molecule has 0 aliphatic carbocycles. The Morgan fingerprint density at radius 2 is 2.33 bits per heavy atom. The van der Waals surface area contributed by atoms with E-state index in [1.165, 1.54) is 6.08 Å². The lowest BCUT2D eigenvalue weighted by atomic mass is 10.2. The van der Waals surface area contributed by atoms with Crippen LogP contribution in [0.3, 0.4) is 0 Å². The van der Waals surface area contributed by atoms with Gasteiger partial charge in [-0.2, -0.15) is 0 Å². The summed E-state index contributed by atoms with van der Waals surface area (Å²) in [4.78, 5) is 21.1. The smallest absolute Gasteiger partial charge is 0.224 e. The molecule has 0 saturated carbocycles. The predicted molar refractivity (Wildman–Crippen MR) is 44.5 cm³/mol. The lowest BCUT2D eigenvalue weighted by molar-refractivity contribution is -0.123. The molecule has 2 N–H and O–H groups in total. The van der Waals surface area contributed by atoms with Crippen LogP contribution in [-0.2, 0) is 9.59 Å². The first-order chi connectivity index (χ1) is 5.74. The van der Waals surface area contributed by atoms with Crippen LogP contribution in [0.2, 0.25) is 0 Å². The first kappa shape index (κ1) is 10.8. The van der Waals surface area contributed by atoms with Crippen LogP contribution < -0.4 is 5.32 Å². The molecule has 0 aliphatic heterocycles. The molecule has 0 aromatic carbocycles. The van der Waals surface area contributed by atoms with Crippen molar-refractivity contribution in [3.05, 3.63) is 12.7 Å². The maximum Gasteiger partial charge on any atom is 0.224 e.